The number of benzene rings is 1. The third kappa shape index (κ3) is 3.71. The second kappa shape index (κ2) is 5.51. The van der Waals surface area contributed by atoms with Crippen LogP contribution >= 0.6 is 0 Å². The number of ether oxygens (including phenoxy) is 1. The smallest absolute Gasteiger partial charge is 0.240 e. The van der Waals surface area contributed by atoms with Crippen LogP contribution in [0.15, 0.2) is 23.1 Å². The third-order valence-corrected chi connectivity index (χ3v) is 3.70. The fraction of sp³-hybridized carbons (Fsp3) is 0.500. The zero-order valence-electron chi connectivity index (χ0n) is 10.6. The molecule has 1 N–H and O–H groups in total. The first-order valence-electron chi connectivity index (χ1n) is 5.63. The Kier molecular flexibility index (Phi) is 4.54. The van der Waals surface area contributed by atoms with E-state index < -0.39 is 10.0 Å². The summed E-state index contributed by atoms with van der Waals surface area (Å²) >= 11 is 0. The van der Waals surface area contributed by atoms with Crippen LogP contribution < -0.4 is 9.46 Å². The third-order valence-electron chi connectivity index (χ3n) is 2.15. The van der Waals surface area contributed by atoms with Gasteiger partial charge in [0.25, 0.3) is 0 Å². The van der Waals surface area contributed by atoms with E-state index in [9.17, 15) is 8.42 Å². The maximum atomic E-state index is 11.8. The molecule has 0 aromatic heterocycles. The molecule has 17 heavy (non-hydrogen) atoms. The van der Waals surface area contributed by atoms with E-state index >= 15 is 0 Å². The first kappa shape index (κ1) is 14.0. The molecule has 0 aliphatic heterocycles. The van der Waals surface area contributed by atoms with E-state index in [1.165, 1.54) is 0 Å². The van der Waals surface area contributed by atoms with Crippen molar-refractivity contribution in [1.82, 2.24) is 4.72 Å². The minimum Gasteiger partial charge on any atom is -0.491 e. The molecule has 5 heteroatoms. The lowest BCUT2D eigenvalue weighted by atomic mass is 10.2. The molecule has 0 aliphatic carbocycles. The molecule has 0 saturated heterocycles. The Morgan fingerprint density at radius 3 is 2.47 bits per heavy atom. The van der Waals surface area contributed by atoms with Crippen LogP contribution in [0, 0.1) is 6.92 Å². The van der Waals surface area contributed by atoms with Crippen LogP contribution in [0.3, 0.4) is 0 Å². The molecular formula is C12H19NO3S. The van der Waals surface area contributed by atoms with Crippen LogP contribution in [0.1, 0.15) is 26.3 Å². The maximum absolute atomic E-state index is 11.8. The van der Waals surface area contributed by atoms with Crippen molar-refractivity contribution in [2.75, 3.05) is 6.54 Å². The summed E-state index contributed by atoms with van der Waals surface area (Å²) < 4.78 is 31.5. The highest BCUT2D eigenvalue weighted by Gasteiger charge is 2.14. The van der Waals surface area contributed by atoms with E-state index in [4.69, 9.17) is 4.74 Å². The first-order chi connectivity index (χ1) is 7.86. The Hall–Kier alpha value is -1.07. The predicted octanol–water partition coefficient (Wildman–Crippen LogP) is 2.08. The molecule has 0 bridgehead atoms. The van der Waals surface area contributed by atoms with Crippen molar-refractivity contribution >= 4 is 10.0 Å². The van der Waals surface area contributed by atoms with Gasteiger partial charge >= 0.3 is 0 Å². The highest BCUT2D eigenvalue weighted by Crippen LogP contribution is 2.22. The Bertz CT molecular complexity index is 481. The average Bonchev–Trinajstić information content (AvgIpc) is 2.20. The van der Waals surface area contributed by atoms with E-state index in [-0.39, 0.29) is 11.0 Å². The highest BCUT2D eigenvalue weighted by molar-refractivity contribution is 7.89. The van der Waals surface area contributed by atoms with Gasteiger partial charge in [0, 0.05) is 6.54 Å². The van der Waals surface area contributed by atoms with Crippen LogP contribution in [0.25, 0.3) is 0 Å². The number of nitrogens with one attached hydrogen (secondary N) is 1. The second-order valence-corrected chi connectivity index (χ2v) is 5.86. The summed E-state index contributed by atoms with van der Waals surface area (Å²) in [6, 6.07) is 4.87. The van der Waals surface area contributed by atoms with Gasteiger partial charge in [-0.05, 0) is 44.5 Å². The number of aryl methyl sites for hydroxylation is 1. The first-order valence-corrected chi connectivity index (χ1v) is 7.12. The molecule has 0 saturated carbocycles. The number of hydrogen-bond donors (Lipinski definition) is 1. The molecule has 0 fully saturated rings. The minimum absolute atomic E-state index is 0.0740. The van der Waals surface area contributed by atoms with Gasteiger partial charge in [-0.25, -0.2) is 13.1 Å². The number of rotatable bonds is 5. The molecule has 96 valence electrons. The zero-order valence-corrected chi connectivity index (χ0v) is 11.5. The average molecular weight is 257 g/mol. The molecule has 0 aliphatic rings. The SMILES string of the molecule is CCNS(=O)(=O)c1ccc(OC(C)C)c(C)c1. The highest BCUT2D eigenvalue weighted by atomic mass is 32.2. The van der Waals surface area contributed by atoms with Crippen molar-refractivity contribution < 1.29 is 13.2 Å². The van der Waals surface area contributed by atoms with Crippen LogP contribution in [-0.2, 0) is 10.0 Å². The van der Waals surface area contributed by atoms with Gasteiger partial charge in [0.15, 0.2) is 0 Å². The van der Waals surface area contributed by atoms with Crippen LogP contribution in [0.5, 0.6) is 5.75 Å². The number of sulfonamides is 1. The zero-order chi connectivity index (χ0) is 13.1. The fourth-order valence-electron chi connectivity index (χ4n) is 1.45. The van der Waals surface area contributed by atoms with Gasteiger partial charge in [0.2, 0.25) is 10.0 Å². The summed E-state index contributed by atoms with van der Waals surface area (Å²) in [4.78, 5) is 0.271. The van der Waals surface area contributed by atoms with Crippen molar-refractivity contribution in [3.05, 3.63) is 23.8 Å². The van der Waals surface area contributed by atoms with Gasteiger partial charge < -0.3 is 4.74 Å². The summed E-state index contributed by atoms with van der Waals surface area (Å²) in [6.45, 7) is 7.83. The Morgan fingerprint density at radius 2 is 2.00 bits per heavy atom. The quantitative estimate of drug-likeness (QED) is 0.878. The normalized spacial score (nSPS) is 11.8. The molecular weight excluding hydrogens is 238 g/mol. The molecule has 1 aromatic carbocycles. The van der Waals surface area contributed by atoms with Crippen molar-refractivity contribution in [3.63, 3.8) is 0 Å². The van der Waals surface area contributed by atoms with E-state index in [1.807, 2.05) is 20.8 Å². The van der Waals surface area contributed by atoms with Crippen molar-refractivity contribution in [2.45, 2.75) is 38.7 Å². The molecule has 0 spiro atoms. The lowest BCUT2D eigenvalue weighted by Crippen LogP contribution is -2.23. The lowest BCUT2D eigenvalue weighted by molar-refractivity contribution is 0.240. The van der Waals surface area contributed by atoms with Gasteiger partial charge in [-0.3, -0.25) is 0 Å². The van der Waals surface area contributed by atoms with E-state index in [1.54, 1.807) is 25.1 Å². The molecule has 0 unspecified atom stereocenters. The Morgan fingerprint density at radius 1 is 1.35 bits per heavy atom. The summed E-state index contributed by atoms with van der Waals surface area (Å²) in [7, 11) is -3.38. The van der Waals surface area contributed by atoms with Crippen molar-refractivity contribution in [1.29, 1.82) is 0 Å². The largest absolute Gasteiger partial charge is 0.491 e. The van der Waals surface area contributed by atoms with Crippen LogP contribution in [0.2, 0.25) is 0 Å². The van der Waals surface area contributed by atoms with Crippen LogP contribution in [-0.4, -0.2) is 21.1 Å². The van der Waals surface area contributed by atoms with Gasteiger partial charge in [0.05, 0.1) is 11.0 Å². The monoisotopic (exact) mass is 257 g/mol. The maximum Gasteiger partial charge on any atom is 0.240 e. The topological polar surface area (TPSA) is 55.4 Å². The summed E-state index contributed by atoms with van der Waals surface area (Å²) in [6.07, 6.45) is 0.0740. The predicted molar refractivity (Wildman–Crippen MR) is 67.8 cm³/mol. The molecule has 0 radical (unpaired) electrons. The van der Waals surface area contributed by atoms with Gasteiger partial charge in [0.1, 0.15) is 5.75 Å². The van der Waals surface area contributed by atoms with Crippen molar-refractivity contribution in [2.24, 2.45) is 0 Å². The second-order valence-electron chi connectivity index (χ2n) is 4.10. The van der Waals surface area contributed by atoms with Crippen molar-refractivity contribution in [3.8, 4) is 5.75 Å². The Balaban J connectivity index is 3.04. The van der Waals surface area contributed by atoms with Gasteiger partial charge in [-0.1, -0.05) is 6.92 Å². The molecule has 0 heterocycles. The molecule has 4 nitrogen and oxygen atoms in total. The summed E-state index contributed by atoms with van der Waals surface area (Å²) in [5, 5.41) is 0. The Labute approximate surface area is 103 Å². The molecule has 1 rings (SSSR count). The molecule has 0 atom stereocenters. The van der Waals surface area contributed by atoms with Gasteiger partial charge in [-0.15, -0.1) is 0 Å². The summed E-state index contributed by atoms with van der Waals surface area (Å²) in [5.74, 6) is 0.718. The fourth-order valence-corrected chi connectivity index (χ4v) is 2.57. The van der Waals surface area contributed by atoms with E-state index in [0.29, 0.717) is 6.54 Å². The minimum atomic E-state index is -3.38. The lowest BCUT2D eigenvalue weighted by Gasteiger charge is -2.13. The molecule has 1 aromatic rings. The number of hydrogen-bond acceptors (Lipinski definition) is 3. The standard InChI is InChI=1S/C12H19NO3S/c1-5-13-17(14,15)11-6-7-12(10(4)8-11)16-9(2)3/h6-9,13H,5H2,1-4H3. The van der Waals surface area contributed by atoms with Gasteiger partial charge in [-0.2, -0.15) is 0 Å². The van der Waals surface area contributed by atoms with E-state index in [0.717, 1.165) is 11.3 Å². The van der Waals surface area contributed by atoms with Crippen LogP contribution in [0.4, 0.5) is 0 Å². The summed E-state index contributed by atoms with van der Waals surface area (Å²) in [5.41, 5.74) is 0.817. The molecule has 0 amide bonds. The van der Waals surface area contributed by atoms with E-state index in [2.05, 4.69) is 4.72 Å².